The van der Waals surface area contributed by atoms with Crippen molar-refractivity contribution in [3.63, 3.8) is 0 Å². The Labute approximate surface area is 175 Å². The number of fused-ring (bicyclic) bond motifs is 2. The van der Waals surface area contributed by atoms with Crippen LogP contribution in [0, 0.1) is 13.8 Å². The fourth-order valence-electron chi connectivity index (χ4n) is 3.40. The number of hydrogen-bond donors (Lipinski definition) is 2. The van der Waals surface area contributed by atoms with E-state index in [9.17, 15) is 14.4 Å². The third-order valence-electron chi connectivity index (χ3n) is 4.82. The van der Waals surface area contributed by atoms with Crippen molar-refractivity contribution in [2.24, 2.45) is 0 Å². The van der Waals surface area contributed by atoms with Crippen LogP contribution in [-0.2, 0) is 16.0 Å². The molecule has 0 atom stereocenters. The lowest BCUT2D eigenvalue weighted by atomic mass is 10.1. The van der Waals surface area contributed by atoms with Crippen LogP contribution in [0.5, 0.6) is 0 Å². The van der Waals surface area contributed by atoms with Crippen molar-refractivity contribution in [3.8, 4) is 0 Å². The number of aryl methyl sites for hydroxylation is 2. The highest BCUT2D eigenvalue weighted by Crippen LogP contribution is 2.29. The first-order valence-corrected chi connectivity index (χ1v) is 10.3. The number of hydrogen-bond acceptors (Lipinski definition) is 6. The number of amides is 1. The van der Waals surface area contributed by atoms with Crippen LogP contribution in [0.1, 0.15) is 33.5 Å². The van der Waals surface area contributed by atoms with E-state index in [2.05, 4.69) is 15.4 Å². The fourth-order valence-corrected chi connectivity index (χ4v) is 4.34. The van der Waals surface area contributed by atoms with Crippen LogP contribution in [0.3, 0.4) is 0 Å². The van der Waals surface area contributed by atoms with Crippen LogP contribution in [0.2, 0.25) is 0 Å². The molecule has 0 saturated carbocycles. The lowest BCUT2D eigenvalue weighted by Crippen LogP contribution is -2.17. The van der Waals surface area contributed by atoms with Crippen LogP contribution >= 0.6 is 11.3 Å². The maximum atomic E-state index is 12.7. The maximum absolute atomic E-state index is 12.7. The Balaban J connectivity index is 1.55. The molecule has 0 saturated heterocycles. The molecule has 154 valence electrons. The predicted molar refractivity (Wildman–Crippen MR) is 115 cm³/mol. The summed E-state index contributed by atoms with van der Waals surface area (Å²) in [5.74, 6) is -0.543. The first-order valence-electron chi connectivity index (χ1n) is 9.44. The van der Waals surface area contributed by atoms with Gasteiger partial charge in [0.2, 0.25) is 5.91 Å². The van der Waals surface area contributed by atoms with Gasteiger partial charge in [-0.05, 0) is 50.4 Å². The molecular weight excluding hydrogens is 404 g/mol. The molecular formula is C21H20N4O4S. The Morgan fingerprint density at radius 2 is 2.03 bits per heavy atom. The summed E-state index contributed by atoms with van der Waals surface area (Å²) in [4.78, 5) is 41.1. The number of esters is 1. The molecule has 0 spiro atoms. The first kappa shape index (κ1) is 19.8. The molecule has 0 bridgehead atoms. The SMILES string of the molecule is CCOC(=O)c1cc2cc(NC(=O)Cc3c(C)nc4cc(=O)[nH]n4c3C)ccc2s1. The topological polar surface area (TPSA) is 106 Å². The van der Waals surface area contributed by atoms with Gasteiger partial charge in [0.15, 0.2) is 5.65 Å². The molecule has 3 heterocycles. The second kappa shape index (κ2) is 7.75. The Bertz CT molecular complexity index is 1350. The molecule has 4 aromatic rings. The van der Waals surface area contributed by atoms with E-state index in [0.29, 0.717) is 28.5 Å². The van der Waals surface area contributed by atoms with Crippen molar-refractivity contribution in [1.82, 2.24) is 14.6 Å². The molecule has 1 aromatic carbocycles. The average Bonchev–Trinajstić information content (AvgIpc) is 3.28. The van der Waals surface area contributed by atoms with Gasteiger partial charge in [0, 0.05) is 33.4 Å². The molecule has 0 aliphatic carbocycles. The van der Waals surface area contributed by atoms with Crippen molar-refractivity contribution in [2.45, 2.75) is 27.2 Å². The Morgan fingerprint density at radius 3 is 2.80 bits per heavy atom. The summed E-state index contributed by atoms with van der Waals surface area (Å²) in [7, 11) is 0. The zero-order chi connectivity index (χ0) is 21.4. The number of thiophene rings is 1. The van der Waals surface area contributed by atoms with Crippen molar-refractivity contribution < 1.29 is 14.3 Å². The molecule has 1 amide bonds. The number of H-pyrrole nitrogens is 1. The number of carbonyl (C=O) groups is 2. The van der Waals surface area contributed by atoms with Gasteiger partial charge >= 0.3 is 5.97 Å². The highest BCUT2D eigenvalue weighted by molar-refractivity contribution is 7.20. The van der Waals surface area contributed by atoms with Gasteiger partial charge in [0.05, 0.1) is 13.0 Å². The minimum absolute atomic E-state index is 0.122. The van der Waals surface area contributed by atoms with Crippen LogP contribution in [0.4, 0.5) is 5.69 Å². The number of carbonyl (C=O) groups excluding carboxylic acids is 2. The van der Waals surface area contributed by atoms with Crippen LogP contribution < -0.4 is 10.9 Å². The van der Waals surface area contributed by atoms with E-state index in [4.69, 9.17) is 4.74 Å². The van der Waals surface area contributed by atoms with Gasteiger partial charge in [0.25, 0.3) is 5.56 Å². The Hall–Kier alpha value is -3.46. The lowest BCUT2D eigenvalue weighted by molar-refractivity contribution is -0.115. The monoisotopic (exact) mass is 424 g/mol. The summed E-state index contributed by atoms with van der Waals surface area (Å²) in [6.07, 6.45) is 0.122. The van der Waals surface area contributed by atoms with Gasteiger partial charge in [0.1, 0.15) is 4.88 Å². The minimum Gasteiger partial charge on any atom is -0.462 e. The number of ether oxygens (including phenoxy) is 1. The first-order chi connectivity index (χ1) is 14.4. The van der Waals surface area contributed by atoms with Gasteiger partial charge in [-0.15, -0.1) is 11.3 Å². The maximum Gasteiger partial charge on any atom is 0.348 e. The summed E-state index contributed by atoms with van der Waals surface area (Å²) < 4.78 is 7.57. The number of rotatable bonds is 5. The van der Waals surface area contributed by atoms with Gasteiger partial charge in [-0.25, -0.2) is 14.3 Å². The molecule has 0 aliphatic rings. The van der Waals surface area contributed by atoms with Gasteiger partial charge in [-0.2, -0.15) is 0 Å². The van der Waals surface area contributed by atoms with Gasteiger partial charge in [-0.1, -0.05) is 0 Å². The fraction of sp³-hybridized carbons (Fsp3) is 0.238. The largest absolute Gasteiger partial charge is 0.462 e. The van der Waals surface area contributed by atoms with E-state index >= 15 is 0 Å². The quantitative estimate of drug-likeness (QED) is 0.479. The van der Waals surface area contributed by atoms with Crippen molar-refractivity contribution in [2.75, 3.05) is 11.9 Å². The van der Waals surface area contributed by atoms with E-state index in [0.717, 1.165) is 21.3 Å². The van der Waals surface area contributed by atoms with Crippen molar-refractivity contribution >= 4 is 44.6 Å². The number of nitrogens with one attached hydrogen (secondary N) is 2. The van der Waals surface area contributed by atoms with Crippen molar-refractivity contribution in [1.29, 1.82) is 0 Å². The molecule has 2 N–H and O–H groups in total. The number of aromatic nitrogens is 3. The highest BCUT2D eigenvalue weighted by atomic mass is 32.1. The van der Waals surface area contributed by atoms with E-state index < -0.39 is 0 Å². The van der Waals surface area contributed by atoms with Crippen molar-refractivity contribution in [3.05, 3.63) is 62.5 Å². The standard InChI is InChI=1S/C21H20N4O4S/c1-4-29-21(28)17-8-13-7-14(5-6-16(13)30-17)23-19(26)9-15-11(2)22-18-10-20(27)24-25(18)12(15)3/h5-8,10H,4,9H2,1-3H3,(H,23,26)(H,24,27). The summed E-state index contributed by atoms with van der Waals surface area (Å²) >= 11 is 1.36. The average molecular weight is 424 g/mol. The highest BCUT2D eigenvalue weighted by Gasteiger charge is 2.15. The normalized spacial score (nSPS) is 11.2. The molecule has 0 radical (unpaired) electrons. The van der Waals surface area contributed by atoms with E-state index in [1.54, 1.807) is 23.6 Å². The Morgan fingerprint density at radius 1 is 1.23 bits per heavy atom. The second-order valence-corrected chi connectivity index (χ2v) is 7.97. The molecule has 0 fully saturated rings. The molecule has 3 aromatic heterocycles. The molecule has 30 heavy (non-hydrogen) atoms. The summed E-state index contributed by atoms with van der Waals surface area (Å²) in [6.45, 7) is 5.75. The lowest BCUT2D eigenvalue weighted by Gasteiger charge is -2.12. The third kappa shape index (κ3) is 3.71. The molecule has 0 unspecified atom stereocenters. The van der Waals surface area contributed by atoms with E-state index in [1.165, 1.54) is 17.4 Å². The summed E-state index contributed by atoms with van der Waals surface area (Å²) in [6, 6.07) is 8.69. The minimum atomic E-state index is -0.346. The summed E-state index contributed by atoms with van der Waals surface area (Å²) in [5.41, 5.74) is 3.15. The number of nitrogens with zero attached hydrogens (tertiary/aromatic N) is 2. The molecule has 0 aliphatic heterocycles. The van der Waals surface area contributed by atoms with E-state index in [-0.39, 0.29) is 23.9 Å². The Kier molecular flexibility index (Phi) is 5.13. The zero-order valence-corrected chi connectivity index (χ0v) is 17.6. The van der Waals surface area contributed by atoms with Gasteiger partial charge < -0.3 is 10.1 Å². The molecule has 8 nitrogen and oxygen atoms in total. The predicted octanol–water partition coefficient (Wildman–Crippen LogP) is 3.21. The number of aromatic amines is 1. The molecule has 9 heteroatoms. The van der Waals surface area contributed by atoms with Crippen LogP contribution in [0.25, 0.3) is 15.7 Å². The van der Waals surface area contributed by atoms with Crippen LogP contribution in [-0.4, -0.2) is 33.1 Å². The number of anilines is 1. The summed E-state index contributed by atoms with van der Waals surface area (Å²) in [5, 5.41) is 6.44. The van der Waals surface area contributed by atoms with Gasteiger partial charge in [-0.3, -0.25) is 14.7 Å². The van der Waals surface area contributed by atoms with E-state index in [1.807, 2.05) is 26.0 Å². The number of benzene rings is 1. The smallest absolute Gasteiger partial charge is 0.348 e. The van der Waals surface area contributed by atoms with Crippen LogP contribution in [0.15, 0.2) is 35.1 Å². The second-order valence-electron chi connectivity index (χ2n) is 6.88. The zero-order valence-electron chi connectivity index (χ0n) is 16.7. The molecule has 4 rings (SSSR count). The third-order valence-corrected chi connectivity index (χ3v) is 5.91.